The van der Waals surface area contributed by atoms with Gasteiger partial charge >= 0.3 is 0 Å². The molecule has 1 aliphatic carbocycles. The molecule has 0 amide bonds. The number of hydrogen-bond donors (Lipinski definition) is 0. The van der Waals surface area contributed by atoms with Crippen molar-refractivity contribution >= 4 is 0 Å². The fourth-order valence-corrected chi connectivity index (χ4v) is 3.87. The summed E-state index contributed by atoms with van der Waals surface area (Å²) < 4.78 is 13.6. The monoisotopic (exact) mass is 319 g/mol. The van der Waals surface area contributed by atoms with Crippen LogP contribution in [-0.2, 0) is 16.0 Å². The Morgan fingerprint density at radius 2 is 2.04 bits per heavy atom. The van der Waals surface area contributed by atoms with Gasteiger partial charge in [0.2, 0.25) is 0 Å². The summed E-state index contributed by atoms with van der Waals surface area (Å²) in [6.07, 6.45) is 8.18. The lowest BCUT2D eigenvalue weighted by atomic mass is 9.98. The highest BCUT2D eigenvalue weighted by molar-refractivity contribution is 5.05. The Morgan fingerprint density at radius 1 is 1.17 bits per heavy atom. The number of ether oxygens (including phenoxy) is 2. The molecule has 128 valence electrons. The van der Waals surface area contributed by atoms with E-state index in [2.05, 4.69) is 20.7 Å². The molecule has 5 heteroatoms. The Bertz CT molecular complexity index is 494. The smallest absolute Gasteiger partial charge is 0.0671 e. The van der Waals surface area contributed by atoms with Gasteiger partial charge in [-0.05, 0) is 50.0 Å². The second-order valence-corrected chi connectivity index (χ2v) is 7.48. The first-order valence-corrected chi connectivity index (χ1v) is 9.28. The molecule has 0 bridgehead atoms. The van der Waals surface area contributed by atoms with Crippen LogP contribution in [0.1, 0.15) is 43.8 Å². The van der Waals surface area contributed by atoms with Gasteiger partial charge in [-0.25, -0.2) is 0 Å². The van der Waals surface area contributed by atoms with Crippen molar-refractivity contribution in [2.24, 2.45) is 11.8 Å². The molecule has 2 aliphatic heterocycles. The molecule has 0 radical (unpaired) electrons. The highest BCUT2D eigenvalue weighted by Crippen LogP contribution is 2.29. The Balaban J connectivity index is 1.31. The largest absolute Gasteiger partial charge is 0.381 e. The van der Waals surface area contributed by atoms with Crippen LogP contribution >= 0.6 is 0 Å². The molecular weight excluding hydrogens is 290 g/mol. The SMILES string of the molecule is c1cc2n(n1)[C@@H](CCOCC1CC1)CN(CC1CCOCC1)C2. The van der Waals surface area contributed by atoms with Gasteiger partial charge in [0.1, 0.15) is 0 Å². The van der Waals surface area contributed by atoms with Crippen LogP contribution in [0.15, 0.2) is 12.3 Å². The molecule has 0 N–H and O–H groups in total. The van der Waals surface area contributed by atoms with Gasteiger partial charge in [0.15, 0.2) is 0 Å². The number of fused-ring (bicyclic) bond motifs is 1. The average Bonchev–Trinajstić information content (AvgIpc) is 3.28. The first-order chi connectivity index (χ1) is 11.4. The summed E-state index contributed by atoms with van der Waals surface area (Å²) in [5.74, 6) is 1.65. The number of aromatic nitrogens is 2. The molecule has 3 heterocycles. The van der Waals surface area contributed by atoms with Crippen molar-refractivity contribution in [3.8, 4) is 0 Å². The molecule has 4 rings (SSSR count). The summed E-state index contributed by atoms with van der Waals surface area (Å²) >= 11 is 0. The van der Waals surface area contributed by atoms with Gasteiger partial charge in [0.05, 0.1) is 11.7 Å². The van der Waals surface area contributed by atoms with Crippen LogP contribution in [-0.4, -0.2) is 54.2 Å². The molecule has 2 fully saturated rings. The molecule has 1 aromatic heterocycles. The maximum absolute atomic E-state index is 5.86. The fraction of sp³-hybridized carbons (Fsp3) is 0.833. The molecule has 1 saturated carbocycles. The summed E-state index contributed by atoms with van der Waals surface area (Å²) in [6.45, 7) is 7.06. The number of hydrogen-bond acceptors (Lipinski definition) is 4. The molecular formula is C18H29N3O2. The van der Waals surface area contributed by atoms with Crippen molar-refractivity contribution in [2.45, 2.75) is 44.7 Å². The van der Waals surface area contributed by atoms with E-state index in [0.717, 1.165) is 57.8 Å². The van der Waals surface area contributed by atoms with E-state index in [4.69, 9.17) is 9.47 Å². The summed E-state index contributed by atoms with van der Waals surface area (Å²) in [5, 5.41) is 4.56. The van der Waals surface area contributed by atoms with Crippen LogP contribution in [0.4, 0.5) is 0 Å². The zero-order valence-corrected chi connectivity index (χ0v) is 14.0. The lowest BCUT2D eigenvalue weighted by Crippen LogP contribution is -2.41. The molecule has 0 aromatic carbocycles. The van der Waals surface area contributed by atoms with Gasteiger partial charge in [-0.15, -0.1) is 0 Å². The third-order valence-electron chi connectivity index (χ3n) is 5.46. The predicted octanol–water partition coefficient (Wildman–Crippen LogP) is 2.48. The van der Waals surface area contributed by atoms with Crippen molar-refractivity contribution in [2.75, 3.05) is 39.5 Å². The summed E-state index contributed by atoms with van der Waals surface area (Å²) in [4.78, 5) is 2.62. The van der Waals surface area contributed by atoms with E-state index in [1.807, 2.05) is 6.20 Å². The van der Waals surface area contributed by atoms with Crippen LogP contribution in [0.25, 0.3) is 0 Å². The highest BCUT2D eigenvalue weighted by Gasteiger charge is 2.28. The van der Waals surface area contributed by atoms with Crippen molar-refractivity contribution in [1.29, 1.82) is 0 Å². The summed E-state index contributed by atoms with van der Waals surface area (Å²) in [6, 6.07) is 2.64. The van der Waals surface area contributed by atoms with Crippen LogP contribution in [0, 0.1) is 11.8 Å². The maximum atomic E-state index is 5.86. The number of nitrogens with zero attached hydrogens (tertiary/aromatic N) is 3. The van der Waals surface area contributed by atoms with E-state index in [0.29, 0.717) is 6.04 Å². The first-order valence-electron chi connectivity index (χ1n) is 9.28. The van der Waals surface area contributed by atoms with E-state index in [9.17, 15) is 0 Å². The second kappa shape index (κ2) is 7.32. The molecule has 5 nitrogen and oxygen atoms in total. The van der Waals surface area contributed by atoms with Crippen molar-refractivity contribution in [3.05, 3.63) is 18.0 Å². The topological polar surface area (TPSA) is 39.5 Å². The molecule has 1 saturated heterocycles. The molecule has 0 spiro atoms. The molecule has 1 atom stereocenters. The standard InChI is InChI=1S/C18H29N3O2/c1-2-16(1)14-23-10-6-18-13-20(11-15-4-8-22-9-5-15)12-17-3-7-19-21(17)18/h3,7,15-16,18H,1-2,4-6,8-14H2/t18-/m0/s1. The molecule has 1 aromatic rings. The third kappa shape index (κ3) is 4.14. The first kappa shape index (κ1) is 15.6. The van der Waals surface area contributed by atoms with Gasteiger partial charge in [-0.3, -0.25) is 9.58 Å². The minimum Gasteiger partial charge on any atom is -0.381 e. The van der Waals surface area contributed by atoms with Gasteiger partial charge in [-0.1, -0.05) is 0 Å². The summed E-state index contributed by atoms with van der Waals surface area (Å²) in [5.41, 5.74) is 1.36. The van der Waals surface area contributed by atoms with Crippen LogP contribution in [0.3, 0.4) is 0 Å². The lowest BCUT2D eigenvalue weighted by Gasteiger charge is -2.36. The Hall–Kier alpha value is -0.910. The normalized spacial score (nSPS) is 26.3. The lowest BCUT2D eigenvalue weighted by molar-refractivity contribution is 0.0410. The molecule has 0 unspecified atom stereocenters. The Kier molecular flexibility index (Phi) is 4.97. The molecule has 23 heavy (non-hydrogen) atoms. The van der Waals surface area contributed by atoms with Crippen LogP contribution < -0.4 is 0 Å². The average molecular weight is 319 g/mol. The number of rotatable bonds is 7. The minimum atomic E-state index is 0.466. The van der Waals surface area contributed by atoms with E-state index in [1.165, 1.54) is 37.9 Å². The van der Waals surface area contributed by atoms with E-state index < -0.39 is 0 Å². The maximum Gasteiger partial charge on any atom is 0.0671 e. The Morgan fingerprint density at radius 3 is 2.87 bits per heavy atom. The van der Waals surface area contributed by atoms with Gasteiger partial charge in [0, 0.05) is 52.3 Å². The van der Waals surface area contributed by atoms with E-state index in [-0.39, 0.29) is 0 Å². The van der Waals surface area contributed by atoms with Gasteiger partial charge in [-0.2, -0.15) is 5.10 Å². The van der Waals surface area contributed by atoms with Crippen molar-refractivity contribution in [3.63, 3.8) is 0 Å². The van der Waals surface area contributed by atoms with Gasteiger partial charge < -0.3 is 9.47 Å². The molecule has 3 aliphatic rings. The predicted molar refractivity (Wildman–Crippen MR) is 88.2 cm³/mol. The van der Waals surface area contributed by atoms with Crippen LogP contribution in [0.5, 0.6) is 0 Å². The van der Waals surface area contributed by atoms with Gasteiger partial charge in [0.25, 0.3) is 0 Å². The van der Waals surface area contributed by atoms with Crippen molar-refractivity contribution < 1.29 is 9.47 Å². The highest BCUT2D eigenvalue weighted by atomic mass is 16.5. The third-order valence-corrected chi connectivity index (χ3v) is 5.46. The zero-order valence-electron chi connectivity index (χ0n) is 14.0. The van der Waals surface area contributed by atoms with E-state index >= 15 is 0 Å². The summed E-state index contributed by atoms with van der Waals surface area (Å²) in [7, 11) is 0. The Labute approximate surface area is 138 Å². The second-order valence-electron chi connectivity index (χ2n) is 7.48. The minimum absolute atomic E-state index is 0.466. The quantitative estimate of drug-likeness (QED) is 0.724. The van der Waals surface area contributed by atoms with Crippen LogP contribution in [0.2, 0.25) is 0 Å². The zero-order chi connectivity index (χ0) is 15.5. The fourth-order valence-electron chi connectivity index (χ4n) is 3.87. The van der Waals surface area contributed by atoms with Crippen molar-refractivity contribution in [1.82, 2.24) is 14.7 Å². The van der Waals surface area contributed by atoms with E-state index in [1.54, 1.807) is 0 Å².